The molecule has 55 heavy (non-hydrogen) atoms. The average Bonchev–Trinajstić information content (AvgIpc) is 3.47. The van der Waals surface area contributed by atoms with E-state index in [2.05, 4.69) is 208 Å². The molecule has 0 saturated carbocycles. The van der Waals surface area contributed by atoms with Crippen LogP contribution in [0.25, 0.3) is 98.7 Å². The highest BCUT2D eigenvalue weighted by Crippen LogP contribution is 2.53. The Morgan fingerprint density at radius 1 is 0.291 bits per heavy atom. The van der Waals surface area contributed by atoms with E-state index in [1.54, 1.807) is 0 Å². The van der Waals surface area contributed by atoms with Crippen LogP contribution in [0.4, 0.5) is 0 Å². The van der Waals surface area contributed by atoms with Crippen molar-refractivity contribution in [3.05, 3.63) is 205 Å². The molecule has 10 aromatic rings. The second-order valence-corrected chi connectivity index (χ2v) is 15.6. The normalized spacial score (nSPS) is 13.1. The molecule has 0 fully saturated rings. The maximum atomic E-state index is 2.41. The smallest absolute Gasteiger partial charge is 0.0165 e. The van der Waals surface area contributed by atoms with E-state index in [0.717, 1.165) is 0 Å². The molecule has 1 aliphatic carbocycles. The van der Waals surface area contributed by atoms with Crippen molar-refractivity contribution >= 4 is 43.1 Å². The first kappa shape index (κ1) is 31.7. The van der Waals surface area contributed by atoms with Gasteiger partial charge in [-0.15, -0.1) is 0 Å². The second-order valence-electron chi connectivity index (χ2n) is 15.6. The van der Waals surface area contributed by atoms with Crippen LogP contribution in [0.2, 0.25) is 0 Å². The number of hydrogen-bond donors (Lipinski definition) is 0. The molecule has 0 radical (unpaired) electrons. The minimum atomic E-state index is -0.117. The maximum absolute atomic E-state index is 2.41. The fourth-order valence-corrected chi connectivity index (χ4v) is 9.75. The van der Waals surface area contributed by atoms with Crippen LogP contribution in [-0.2, 0) is 5.41 Å². The molecule has 0 N–H and O–H groups in total. The molecule has 10 aromatic carbocycles. The summed E-state index contributed by atoms with van der Waals surface area (Å²) in [5, 5.41) is 10.2. The van der Waals surface area contributed by atoms with Crippen LogP contribution >= 0.6 is 0 Å². The first-order valence-corrected chi connectivity index (χ1v) is 19.4. The lowest BCUT2D eigenvalue weighted by Crippen LogP contribution is -2.16. The fourth-order valence-electron chi connectivity index (χ4n) is 9.75. The van der Waals surface area contributed by atoms with Crippen LogP contribution in [0, 0.1) is 0 Å². The summed E-state index contributed by atoms with van der Waals surface area (Å²) in [6.07, 6.45) is 0. The molecule has 0 aliphatic heterocycles. The molecule has 0 saturated heterocycles. The Morgan fingerprint density at radius 3 is 1.44 bits per heavy atom. The van der Waals surface area contributed by atoms with Gasteiger partial charge in [-0.1, -0.05) is 196 Å². The van der Waals surface area contributed by atoms with Gasteiger partial charge in [-0.3, -0.25) is 0 Å². The molecule has 1 aliphatic rings. The van der Waals surface area contributed by atoms with Crippen LogP contribution in [0.3, 0.4) is 0 Å². The SMILES string of the molecule is CC1(C)c2cc3ccccc3cc2-c2cccc(-c3ccc(-c4c5ccccc5c(-c5ccccc5-c5cccc6ccccc56)c5ccccc45)cc3)c21. The minimum absolute atomic E-state index is 0.117. The highest BCUT2D eigenvalue weighted by atomic mass is 14.4. The van der Waals surface area contributed by atoms with Crippen LogP contribution in [0.15, 0.2) is 194 Å². The van der Waals surface area contributed by atoms with Gasteiger partial charge in [0.05, 0.1) is 0 Å². The highest BCUT2D eigenvalue weighted by Gasteiger charge is 2.37. The molecular weight excluding hydrogens is 661 g/mol. The van der Waals surface area contributed by atoms with Crippen LogP contribution in [0.5, 0.6) is 0 Å². The van der Waals surface area contributed by atoms with Crippen molar-refractivity contribution in [2.45, 2.75) is 19.3 Å². The van der Waals surface area contributed by atoms with Crippen molar-refractivity contribution in [3.63, 3.8) is 0 Å². The Hall–Kier alpha value is -6.76. The quantitative estimate of drug-likeness (QED) is 0.161. The highest BCUT2D eigenvalue weighted by molar-refractivity contribution is 6.23. The zero-order valence-electron chi connectivity index (χ0n) is 31.0. The number of rotatable bonds is 4. The summed E-state index contributed by atoms with van der Waals surface area (Å²) in [7, 11) is 0. The minimum Gasteiger partial charge on any atom is -0.0616 e. The van der Waals surface area contributed by atoms with Gasteiger partial charge in [-0.2, -0.15) is 0 Å². The van der Waals surface area contributed by atoms with Gasteiger partial charge < -0.3 is 0 Å². The molecule has 0 heterocycles. The number of hydrogen-bond acceptors (Lipinski definition) is 0. The van der Waals surface area contributed by atoms with E-state index in [1.165, 1.54) is 110 Å². The fraction of sp³-hybridized carbons (Fsp3) is 0.0545. The van der Waals surface area contributed by atoms with Gasteiger partial charge in [-0.25, -0.2) is 0 Å². The van der Waals surface area contributed by atoms with E-state index in [-0.39, 0.29) is 5.41 Å². The molecule has 0 bridgehead atoms. The molecule has 0 unspecified atom stereocenters. The predicted molar refractivity (Wildman–Crippen MR) is 236 cm³/mol. The van der Waals surface area contributed by atoms with Crippen LogP contribution < -0.4 is 0 Å². The summed E-state index contributed by atoms with van der Waals surface area (Å²) in [4.78, 5) is 0. The summed E-state index contributed by atoms with van der Waals surface area (Å²) in [6.45, 7) is 4.78. The summed E-state index contributed by atoms with van der Waals surface area (Å²) < 4.78 is 0. The van der Waals surface area contributed by atoms with Gasteiger partial charge in [0.25, 0.3) is 0 Å². The Kier molecular flexibility index (Phi) is 7.00. The molecule has 0 heteroatoms. The van der Waals surface area contributed by atoms with E-state index in [4.69, 9.17) is 0 Å². The molecule has 0 nitrogen and oxygen atoms in total. The Labute approximate surface area is 322 Å². The zero-order valence-corrected chi connectivity index (χ0v) is 31.0. The molecule has 258 valence electrons. The average molecular weight is 699 g/mol. The van der Waals surface area contributed by atoms with Crippen molar-refractivity contribution < 1.29 is 0 Å². The first-order chi connectivity index (χ1) is 27.1. The Morgan fingerprint density at radius 2 is 0.745 bits per heavy atom. The Balaban J connectivity index is 1.08. The molecule has 0 atom stereocenters. The van der Waals surface area contributed by atoms with E-state index in [9.17, 15) is 0 Å². The van der Waals surface area contributed by atoms with E-state index >= 15 is 0 Å². The van der Waals surface area contributed by atoms with Gasteiger partial charge in [0.15, 0.2) is 0 Å². The van der Waals surface area contributed by atoms with Crippen molar-refractivity contribution in [2.75, 3.05) is 0 Å². The van der Waals surface area contributed by atoms with E-state index in [0.29, 0.717) is 0 Å². The molecule has 0 spiro atoms. The lowest BCUT2D eigenvalue weighted by atomic mass is 9.78. The molecule has 11 rings (SSSR count). The van der Waals surface area contributed by atoms with Crippen molar-refractivity contribution in [2.24, 2.45) is 0 Å². The van der Waals surface area contributed by atoms with Crippen LogP contribution in [0.1, 0.15) is 25.0 Å². The predicted octanol–water partition coefficient (Wildman–Crippen LogP) is 15.3. The molecule has 0 aromatic heterocycles. The van der Waals surface area contributed by atoms with Gasteiger partial charge in [0, 0.05) is 5.41 Å². The molecule has 0 amide bonds. The van der Waals surface area contributed by atoms with E-state index in [1.807, 2.05) is 0 Å². The summed E-state index contributed by atoms with van der Waals surface area (Å²) in [5.41, 5.74) is 15.5. The van der Waals surface area contributed by atoms with Gasteiger partial charge in [-0.05, 0) is 122 Å². The van der Waals surface area contributed by atoms with Crippen LogP contribution in [-0.4, -0.2) is 0 Å². The summed E-state index contributed by atoms with van der Waals surface area (Å²) >= 11 is 0. The van der Waals surface area contributed by atoms with Gasteiger partial charge in [0.1, 0.15) is 0 Å². The topological polar surface area (TPSA) is 0 Å². The first-order valence-electron chi connectivity index (χ1n) is 19.4. The van der Waals surface area contributed by atoms with Crippen molar-refractivity contribution in [1.29, 1.82) is 0 Å². The lowest BCUT2D eigenvalue weighted by Gasteiger charge is -2.25. The largest absolute Gasteiger partial charge is 0.0616 e. The third kappa shape index (κ3) is 4.78. The summed E-state index contributed by atoms with van der Waals surface area (Å²) in [5.74, 6) is 0. The monoisotopic (exact) mass is 698 g/mol. The number of benzene rings is 10. The lowest BCUT2D eigenvalue weighted by molar-refractivity contribution is 0.663. The third-order valence-corrected chi connectivity index (χ3v) is 12.2. The summed E-state index contributed by atoms with van der Waals surface area (Å²) in [6, 6.07) is 72.1. The van der Waals surface area contributed by atoms with Gasteiger partial charge >= 0.3 is 0 Å². The second kappa shape index (κ2) is 12.1. The van der Waals surface area contributed by atoms with Crippen molar-refractivity contribution in [1.82, 2.24) is 0 Å². The third-order valence-electron chi connectivity index (χ3n) is 12.2. The Bertz CT molecular complexity index is 3100. The number of fused-ring (bicyclic) bond motifs is 7. The van der Waals surface area contributed by atoms with E-state index < -0.39 is 0 Å². The zero-order chi connectivity index (χ0) is 36.7. The van der Waals surface area contributed by atoms with Gasteiger partial charge in [0.2, 0.25) is 0 Å². The van der Waals surface area contributed by atoms with Crippen molar-refractivity contribution in [3.8, 4) is 55.6 Å². The standard InChI is InChI=1S/C55H38/c1-55(2)51-34-39-17-4-3-16-38(39)33-50(51)49-28-14-26-41(54(49)55)36-29-31-37(32-30-36)52-45-22-9-11-24-47(45)53(48-25-12-10-23-46(48)52)44-21-8-7-20-43(44)42-27-13-18-35-15-5-6-19-40(35)42/h3-34H,1-2H3. The molecular formula is C55H38. The maximum Gasteiger partial charge on any atom is 0.0165 e.